The van der Waals surface area contributed by atoms with Crippen LogP contribution in [-0.2, 0) is 9.53 Å². The predicted octanol–water partition coefficient (Wildman–Crippen LogP) is 0.723. The highest BCUT2D eigenvalue weighted by atomic mass is 16.5. The molecule has 5 nitrogen and oxygen atoms in total. The van der Waals surface area contributed by atoms with E-state index in [1.165, 1.54) is 0 Å². The van der Waals surface area contributed by atoms with Crippen LogP contribution in [0.2, 0.25) is 0 Å². The lowest BCUT2D eigenvalue weighted by Gasteiger charge is -2.32. The third kappa shape index (κ3) is 4.54. The molecule has 2 rings (SSSR count). The summed E-state index contributed by atoms with van der Waals surface area (Å²) in [4.78, 5) is 11.6. The zero-order valence-electron chi connectivity index (χ0n) is 10.8. The molecule has 0 aromatic heterocycles. The van der Waals surface area contributed by atoms with Crippen LogP contribution in [-0.4, -0.2) is 43.0 Å². The van der Waals surface area contributed by atoms with Gasteiger partial charge in [0.25, 0.3) is 5.91 Å². The third-order valence-corrected chi connectivity index (χ3v) is 3.15. The minimum atomic E-state index is -0.847. The van der Waals surface area contributed by atoms with Crippen molar-refractivity contribution in [3.05, 3.63) is 30.3 Å². The van der Waals surface area contributed by atoms with Crippen LogP contribution in [0.15, 0.2) is 30.3 Å². The highest BCUT2D eigenvalue weighted by Gasteiger charge is 2.30. The third-order valence-electron chi connectivity index (χ3n) is 3.15. The number of aliphatic hydroxyl groups is 1. The molecule has 1 aromatic carbocycles. The van der Waals surface area contributed by atoms with Crippen LogP contribution in [0.25, 0.3) is 0 Å². The first kappa shape index (κ1) is 13.8. The van der Waals surface area contributed by atoms with E-state index in [1.807, 2.05) is 18.2 Å². The molecule has 1 fully saturated rings. The summed E-state index contributed by atoms with van der Waals surface area (Å²) in [7, 11) is 0. The molecular formula is C14H19NO4. The second-order valence-electron chi connectivity index (χ2n) is 4.72. The number of ether oxygens (including phenoxy) is 2. The van der Waals surface area contributed by atoms with Gasteiger partial charge in [0.05, 0.1) is 5.60 Å². The molecule has 0 atom stereocenters. The normalized spacial score (nSPS) is 17.7. The molecule has 1 amide bonds. The lowest BCUT2D eigenvalue weighted by molar-refractivity contribution is -0.125. The number of benzene rings is 1. The van der Waals surface area contributed by atoms with E-state index < -0.39 is 5.60 Å². The molecule has 0 radical (unpaired) electrons. The number of para-hydroxylation sites is 1. The highest BCUT2D eigenvalue weighted by molar-refractivity contribution is 5.77. The maximum Gasteiger partial charge on any atom is 0.258 e. The van der Waals surface area contributed by atoms with Gasteiger partial charge in [-0.2, -0.15) is 0 Å². The van der Waals surface area contributed by atoms with E-state index in [0.29, 0.717) is 31.8 Å². The van der Waals surface area contributed by atoms with Crippen molar-refractivity contribution in [2.75, 3.05) is 26.4 Å². The number of hydrogen-bond donors (Lipinski definition) is 2. The topological polar surface area (TPSA) is 67.8 Å². The molecule has 1 heterocycles. The summed E-state index contributed by atoms with van der Waals surface area (Å²) in [5, 5.41) is 12.9. The van der Waals surface area contributed by atoms with Gasteiger partial charge in [-0.05, 0) is 12.1 Å². The van der Waals surface area contributed by atoms with Gasteiger partial charge in [0, 0.05) is 32.6 Å². The number of nitrogens with one attached hydrogen (secondary N) is 1. The van der Waals surface area contributed by atoms with Gasteiger partial charge in [-0.3, -0.25) is 4.79 Å². The Balaban J connectivity index is 1.70. The Kier molecular flexibility index (Phi) is 4.76. The van der Waals surface area contributed by atoms with Gasteiger partial charge in [-0.25, -0.2) is 0 Å². The van der Waals surface area contributed by atoms with E-state index in [1.54, 1.807) is 12.1 Å². The molecule has 0 aliphatic carbocycles. The monoisotopic (exact) mass is 265 g/mol. The zero-order valence-corrected chi connectivity index (χ0v) is 10.8. The molecule has 0 unspecified atom stereocenters. The number of rotatable bonds is 5. The fraction of sp³-hybridized carbons (Fsp3) is 0.500. The average molecular weight is 265 g/mol. The Bertz CT molecular complexity index is 401. The molecule has 1 aromatic rings. The van der Waals surface area contributed by atoms with E-state index in [4.69, 9.17) is 9.47 Å². The van der Waals surface area contributed by atoms with Crippen molar-refractivity contribution in [2.45, 2.75) is 18.4 Å². The maximum absolute atomic E-state index is 11.6. The fourth-order valence-corrected chi connectivity index (χ4v) is 1.91. The molecular weight excluding hydrogens is 246 g/mol. The summed E-state index contributed by atoms with van der Waals surface area (Å²) in [6.07, 6.45) is 1.10. The van der Waals surface area contributed by atoms with Crippen LogP contribution in [0.4, 0.5) is 0 Å². The predicted molar refractivity (Wildman–Crippen MR) is 69.9 cm³/mol. The van der Waals surface area contributed by atoms with Gasteiger partial charge in [-0.1, -0.05) is 18.2 Å². The van der Waals surface area contributed by atoms with E-state index in [2.05, 4.69) is 5.32 Å². The molecule has 0 saturated carbocycles. The van der Waals surface area contributed by atoms with Gasteiger partial charge >= 0.3 is 0 Å². The number of amides is 1. The summed E-state index contributed by atoms with van der Waals surface area (Å²) in [6, 6.07) is 9.15. The van der Waals surface area contributed by atoms with Crippen LogP contribution in [0.3, 0.4) is 0 Å². The lowest BCUT2D eigenvalue weighted by atomic mass is 9.94. The van der Waals surface area contributed by atoms with E-state index >= 15 is 0 Å². The first-order chi connectivity index (χ1) is 9.18. The van der Waals surface area contributed by atoms with Gasteiger partial charge in [-0.15, -0.1) is 0 Å². The van der Waals surface area contributed by atoms with Crippen LogP contribution < -0.4 is 10.1 Å². The maximum atomic E-state index is 11.6. The summed E-state index contributed by atoms with van der Waals surface area (Å²) >= 11 is 0. The standard InChI is InChI=1S/C14H19NO4/c16-13(10-19-12-4-2-1-3-5-12)15-11-14(17)6-8-18-9-7-14/h1-5,17H,6-11H2,(H,15,16). The largest absolute Gasteiger partial charge is 0.484 e. The van der Waals surface area contributed by atoms with Gasteiger partial charge in [0.1, 0.15) is 5.75 Å². The van der Waals surface area contributed by atoms with E-state index in [-0.39, 0.29) is 19.1 Å². The van der Waals surface area contributed by atoms with Crippen molar-refractivity contribution < 1.29 is 19.4 Å². The summed E-state index contributed by atoms with van der Waals surface area (Å²) in [5.41, 5.74) is -0.847. The summed E-state index contributed by atoms with van der Waals surface area (Å²) in [6.45, 7) is 1.27. The second kappa shape index (κ2) is 6.54. The smallest absolute Gasteiger partial charge is 0.258 e. The molecule has 104 valence electrons. The minimum absolute atomic E-state index is 0.0450. The van der Waals surface area contributed by atoms with Crippen molar-refractivity contribution in [3.8, 4) is 5.75 Å². The second-order valence-corrected chi connectivity index (χ2v) is 4.72. The SMILES string of the molecule is O=C(COc1ccccc1)NCC1(O)CCOCC1. The Morgan fingerprint density at radius 1 is 1.32 bits per heavy atom. The molecule has 0 bridgehead atoms. The molecule has 1 saturated heterocycles. The van der Waals surface area contributed by atoms with Crippen LogP contribution in [0, 0.1) is 0 Å². The van der Waals surface area contributed by atoms with Crippen molar-refractivity contribution in [3.63, 3.8) is 0 Å². The number of hydrogen-bond acceptors (Lipinski definition) is 4. The molecule has 2 N–H and O–H groups in total. The van der Waals surface area contributed by atoms with Gasteiger partial charge in [0.2, 0.25) is 0 Å². The van der Waals surface area contributed by atoms with Crippen molar-refractivity contribution in [1.29, 1.82) is 0 Å². The Morgan fingerprint density at radius 3 is 2.68 bits per heavy atom. The molecule has 1 aliphatic rings. The van der Waals surface area contributed by atoms with E-state index in [0.717, 1.165) is 0 Å². The summed E-state index contributed by atoms with van der Waals surface area (Å²) < 4.78 is 10.5. The van der Waals surface area contributed by atoms with Gasteiger partial charge in [0.15, 0.2) is 6.61 Å². The first-order valence-electron chi connectivity index (χ1n) is 6.43. The van der Waals surface area contributed by atoms with Crippen LogP contribution in [0.1, 0.15) is 12.8 Å². The molecule has 1 aliphatic heterocycles. The van der Waals surface area contributed by atoms with Gasteiger partial charge < -0.3 is 19.9 Å². The van der Waals surface area contributed by atoms with Crippen LogP contribution >= 0.6 is 0 Å². The van der Waals surface area contributed by atoms with Crippen LogP contribution in [0.5, 0.6) is 5.75 Å². The number of carbonyl (C=O) groups excluding carboxylic acids is 1. The molecule has 0 spiro atoms. The lowest BCUT2D eigenvalue weighted by Crippen LogP contribution is -2.47. The Morgan fingerprint density at radius 2 is 2.00 bits per heavy atom. The number of carbonyl (C=O) groups is 1. The molecule has 5 heteroatoms. The van der Waals surface area contributed by atoms with Crippen molar-refractivity contribution >= 4 is 5.91 Å². The fourth-order valence-electron chi connectivity index (χ4n) is 1.91. The summed E-state index contributed by atoms with van der Waals surface area (Å²) in [5.74, 6) is 0.422. The first-order valence-corrected chi connectivity index (χ1v) is 6.43. The average Bonchev–Trinajstić information content (AvgIpc) is 2.45. The Labute approximate surface area is 112 Å². The van der Waals surface area contributed by atoms with Crippen molar-refractivity contribution in [2.24, 2.45) is 0 Å². The van der Waals surface area contributed by atoms with E-state index in [9.17, 15) is 9.90 Å². The van der Waals surface area contributed by atoms with Crippen molar-refractivity contribution in [1.82, 2.24) is 5.32 Å². The molecule has 19 heavy (non-hydrogen) atoms. The minimum Gasteiger partial charge on any atom is -0.484 e. The highest BCUT2D eigenvalue weighted by Crippen LogP contribution is 2.19. The quantitative estimate of drug-likeness (QED) is 0.823. The Hall–Kier alpha value is -1.59. The zero-order chi connectivity index (χ0) is 13.6.